The van der Waals surface area contributed by atoms with E-state index in [1.807, 2.05) is 0 Å². The summed E-state index contributed by atoms with van der Waals surface area (Å²) in [4.78, 5) is 13.1. The van der Waals surface area contributed by atoms with Crippen LogP contribution in [0.2, 0.25) is 0 Å². The Morgan fingerprint density at radius 1 is 1.60 bits per heavy atom. The number of hydrogen-bond acceptors (Lipinski definition) is 4. The molecule has 5 nitrogen and oxygen atoms in total. The lowest BCUT2D eigenvalue weighted by atomic mass is 10.1. The van der Waals surface area contributed by atoms with Gasteiger partial charge in [0.1, 0.15) is 0 Å². The zero-order valence-corrected chi connectivity index (χ0v) is 9.71. The fourth-order valence-electron chi connectivity index (χ4n) is 1.69. The predicted octanol–water partition coefficient (Wildman–Crippen LogP) is 0.453. The Hall–Kier alpha value is -0.810. The molecule has 0 aromatic heterocycles. The number of nitrogens with one attached hydrogen (secondary N) is 1. The molecule has 1 amide bonds. The molecular weight excluding hydrogens is 196 g/mol. The van der Waals surface area contributed by atoms with E-state index >= 15 is 0 Å². The van der Waals surface area contributed by atoms with Crippen molar-refractivity contribution in [3.05, 3.63) is 0 Å². The van der Waals surface area contributed by atoms with Gasteiger partial charge in [-0.25, -0.2) is 4.79 Å². The maximum absolute atomic E-state index is 10.8. The molecule has 1 fully saturated rings. The number of amides is 1. The van der Waals surface area contributed by atoms with Crippen molar-refractivity contribution in [2.45, 2.75) is 19.4 Å². The Kier molecular flexibility index (Phi) is 4.35. The van der Waals surface area contributed by atoms with Crippen LogP contribution < -0.4 is 5.32 Å². The second kappa shape index (κ2) is 5.32. The van der Waals surface area contributed by atoms with Crippen LogP contribution in [0.5, 0.6) is 0 Å². The summed E-state index contributed by atoms with van der Waals surface area (Å²) in [6.45, 7) is 8.18. The Labute approximate surface area is 90.7 Å². The zero-order chi connectivity index (χ0) is 11.3. The summed E-state index contributed by atoms with van der Waals surface area (Å²) in [5.74, 6) is 0. The molecule has 0 aromatic rings. The third-order valence-electron chi connectivity index (χ3n) is 2.39. The van der Waals surface area contributed by atoms with Gasteiger partial charge in [0.2, 0.25) is 0 Å². The molecule has 5 heteroatoms. The van der Waals surface area contributed by atoms with E-state index in [1.165, 1.54) is 7.11 Å². The van der Waals surface area contributed by atoms with Crippen LogP contribution in [-0.4, -0.2) is 56.5 Å². The number of carbonyl (C=O) groups is 1. The Balaban J connectivity index is 2.18. The van der Waals surface area contributed by atoms with Gasteiger partial charge in [0.15, 0.2) is 0 Å². The monoisotopic (exact) mass is 216 g/mol. The van der Waals surface area contributed by atoms with Crippen molar-refractivity contribution in [2.24, 2.45) is 0 Å². The molecule has 88 valence electrons. The second-order valence-electron chi connectivity index (χ2n) is 4.30. The molecule has 1 heterocycles. The molecule has 0 spiro atoms. The number of ether oxygens (including phenoxy) is 2. The van der Waals surface area contributed by atoms with Crippen LogP contribution in [0.1, 0.15) is 13.8 Å². The van der Waals surface area contributed by atoms with Crippen LogP contribution in [0.4, 0.5) is 4.79 Å². The molecule has 0 aliphatic carbocycles. The minimum Gasteiger partial charge on any atom is -0.453 e. The maximum Gasteiger partial charge on any atom is 0.406 e. The van der Waals surface area contributed by atoms with Crippen LogP contribution in [-0.2, 0) is 9.47 Å². The van der Waals surface area contributed by atoms with Gasteiger partial charge in [-0.3, -0.25) is 4.90 Å². The lowest BCUT2D eigenvalue weighted by Gasteiger charge is -2.38. The minimum absolute atomic E-state index is 0.0798. The molecule has 0 unspecified atom stereocenters. The van der Waals surface area contributed by atoms with Gasteiger partial charge in [0, 0.05) is 26.2 Å². The van der Waals surface area contributed by atoms with Crippen LogP contribution in [0.3, 0.4) is 0 Å². The maximum atomic E-state index is 10.8. The van der Waals surface area contributed by atoms with Crippen LogP contribution in [0, 0.1) is 0 Å². The Morgan fingerprint density at radius 3 is 2.93 bits per heavy atom. The highest BCUT2D eigenvalue weighted by atomic mass is 16.5. The summed E-state index contributed by atoms with van der Waals surface area (Å²) in [6, 6.07) is 0. The first-order chi connectivity index (χ1) is 7.03. The van der Waals surface area contributed by atoms with Gasteiger partial charge in [-0.05, 0) is 13.8 Å². The molecule has 15 heavy (non-hydrogen) atoms. The molecule has 1 saturated heterocycles. The summed E-state index contributed by atoms with van der Waals surface area (Å²) in [5, 5.41) is 2.66. The molecule has 0 atom stereocenters. The van der Waals surface area contributed by atoms with E-state index in [1.54, 1.807) is 0 Å². The number of methoxy groups -OCH3 is 1. The number of hydrogen-bond donors (Lipinski definition) is 1. The number of alkyl carbamates (subject to hydrolysis) is 1. The Morgan fingerprint density at radius 2 is 2.33 bits per heavy atom. The van der Waals surface area contributed by atoms with E-state index in [2.05, 4.69) is 28.8 Å². The zero-order valence-electron chi connectivity index (χ0n) is 9.71. The molecule has 0 radical (unpaired) electrons. The topological polar surface area (TPSA) is 50.8 Å². The van der Waals surface area contributed by atoms with Crippen molar-refractivity contribution in [1.82, 2.24) is 10.2 Å². The van der Waals surface area contributed by atoms with Crippen molar-refractivity contribution < 1.29 is 14.3 Å². The number of carbonyl (C=O) groups excluding carboxylic acids is 1. The summed E-state index contributed by atoms with van der Waals surface area (Å²) in [6.07, 6.45) is -0.373. The molecule has 1 aliphatic rings. The smallest absolute Gasteiger partial charge is 0.406 e. The van der Waals surface area contributed by atoms with Gasteiger partial charge >= 0.3 is 6.09 Å². The number of nitrogens with zero attached hydrogens (tertiary/aromatic N) is 1. The summed E-state index contributed by atoms with van der Waals surface area (Å²) in [5.41, 5.74) is -0.0798. The van der Waals surface area contributed by atoms with Crippen molar-refractivity contribution in [3.63, 3.8) is 0 Å². The standard InChI is InChI=1S/C10H20N2O3/c1-10(2)8-12(6-7-15-10)5-4-11-9(13)14-3/h4-8H2,1-3H3,(H,11,13). The predicted molar refractivity (Wildman–Crippen MR) is 56.9 cm³/mol. The van der Waals surface area contributed by atoms with Crippen molar-refractivity contribution >= 4 is 6.09 Å². The van der Waals surface area contributed by atoms with Crippen molar-refractivity contribution in [3.8, 4) is 0 Å². The number of rotatable bonds is 3. The minimum atomic E-state index is -0.373. The number of morpholine rings is 1. The average Bonchev–Trinajstić information content (AvgIpc) is 2.16. The molecule has 0 aromatic carbocycles. The van der Waals surface area contributed by atoms with E-state index in [-0.39, 0.29) is 11.7 Å². The van der Waals surface area contributed by atoms with Gasteiger partial charge < -0.3 is 14.8 Å². The highest BCUT2D eigenvalue weighted by molar-refractivity contribution is 5.66. The van der Waals surface area contributed by atoms with E-state index in [4.69, 9.17) is 4.74 Å². The first kappa shape index (κ1) is 12.3. The SMILES string of the molecule is COC(=O)NCCN1CCOC(C)(C)C1. The normalized spacial score (nSPS) is 21.0. The first-order valence-corrected chi connectivity index (χ1v) is 5.22. The van der Waals surface area contributed by atoms with Gasteiger partial charge in [0.05, 0.1) is 19.3 Å². The van der Waals surface area contributed by atoms with Gasteiger partial charge in [0.25, 0.3) is 0 Å². The summed E-state index contributed by atoms with van der Waals surface area (Å²) in [7, 11) is 1.37. The highest BCUT2D eigenvalue weighted by Gasteiger charge is 2.26. The summed E-state index contributed by atoms with van der Waals surface area (Å²) >= 11 is 0. The van der Waals surface area contributed by atoms with Crippen molar-refractivity contribution in [2.75, 3.05) is 39.9 Å². The molecule has 1 aliphatic heterocycles. The lowest BCUT2D eigenvalue weighted by Crippen LogP contribution is -2.50. The second-order valence-corrected chi connectivity index (χ2v) is 4.30. The third kappa shape index (κ3) is 4.48. The molecule has 1 N–H and O–H groups in total. The highest BCUT2D eigenvalue weighted by Crippen LogP contribution is 2.15. The average molecular weight is 216 g/mol. The van der Waals surface area contributed by atoms with Crippen LogP contribution >= 0.6 is 0 Å². The lowest BCUT2D eigenvalue weighted by molar-refractivity contribution is -0.0853. The van der Waals surface area contributed by atoms with E-state index in [0.29, 0.717) is 6.54 Å². The van der Waals surface area contributed by atoms with Gasteiger partial charge in [-0.2, -0.15) is 0 Å². The third-order valence-corrected chi connectivity index (χ3v) is 2.39. The largest absolute Gasteiger partial charge is 0.453 e. The summed E-state index contributed by atoms with van der Waals surface area (Å²) < 4.78 is 10.1. The van der Waals surface area contributed by atoms with E-state index in [9.17, 15) is 4.79 Å². The van der Waals surface area contributed by atoms with Crippen LogP contribution in [0.15, 0.2) is 0 Å². The fourth-order valence-corrected chi connectivity index (χ4v) is 1.69. The van der Waals surface area contributed by atoms with Crippen molar-refractivity contribution in [1.29, 1.82) is 0 Å². The van der Waals surface area contributed by atoms with E-state index < -0.39 is 0 Å². The molecule has 1 rings (SSSR count). The van der Waals surface area contributed by atoms with Gasteiger partial charge in [-0.15, -0.1) is 0 Å². The molecule has 0 bridgehead atoms. The Bertz CT molecular complexity index is 219. The fraction of sp³-hybridized carbons (Fsp3) is 0.900. The first-order valence-electron chi connectivity index (χ1n) is 5.22. The quantitative estimate of drug-likeness (QED) is 0.744. The molecular formula is C10H20N2O3. The van der Waals surface area contributed by atoms with E-state index in [0.717, 1.165) is 26.2 Å². The molecule has 0 saturated carbocycles. The van der Waals surface area contributed by atoms with Crippen LogP contribution in [0.25, 0.3) is 0 Å². The van der Waals surface area contributed by atoms with Gasteiger partial charge in [-0.1, -0.05) is 0 Å².